The zero-order valence-electron chi connectivity index (χ0n) is 13.5. The van der Waals surface area contributed by atoms with Crippen molar-refractivity contribution >= 4 is 41.6 Å². The summed E-state index contributed by atoms with van der Waals surface area (Å²) < 4.78 is 13.4. The fourth-order valence-corrected chi connectivity index (χ4v) is 3.34. The Hall–Kier alpha value is -1.93. The van der Waals surface area contributed by atoms with Crippen molar-refractivity contribution in [3.63, 3.8) is 0 Å². The summed E-state index contributed by atoms with van der Waals surface area (Å²) in [4.78, 5) is 0. The van der Waals surface area contributed by atoms with Crippen LogP contribution in [0.15, 0.2) is 39.9 Å². The van der Waals surface area contributed by atoms with E-state index in [2.05, 4.69) is 15.3 Å². The quantitative estimate of drug-likeness (QED) is 0.473. The van der Waals surface area contributed by atoms with E-state index in [0.717, 1.165) is 25.0 Å². The fourth-order valence-electron chi connectivity index (χ4n) is 2.77. The lowest BCUT2D eigenvalue weighted by Gasteiger charge is -2.06. The molecule has 0 saturated carbocycles. The normalized spacial score (nSPS) is 17.4. The molecule has 134 valence electrons. The molecule has 1 fully saturated rings. The molecule has 6 nitrogen and oxygen atoms in total. The van der Waals surface area contributed by atoms with Crippen LogP contribution >= 0.6 is 35.4 Å². The maximum absolute atomic E-state index is 6.22. The highest BCUT2D eigenvalue weighted by Gasteiger charge is 2.23. The Morgan fingerprint density at radius 3 is 3.00 bits per heavy atom. The van der Waals surface area contributed by atoms with Gasteiger partial charge >= 0.3 is 0 Å². The van der Waals surface area contributed by atoms with Crippen molar-refractivity contribution in [1.82, 2.24) is 14.9 Å². The van der Waals surface area contributed by atoms with Crippen molar-refractivity contribution in [1.29, 1.82) is 0 Å². The minimum absolute atomic E-state index is 0.0995. The van der Waals surface area contributed by atoms with Crippen molar-refractivity contribution in [2.45, 2.75) is 18.9 Å². The molecule has 0 bridgehead atoms. The third kappa shape index (κ3) is 3.48. The molecule has 1 aromatic carbocycles. The van der Waals surface area contributed by atoms with Gasteiger partial charge in [0.25, 0.3) is 0 Å². The Morgan fingerprint density at radius 2 is 2.19 bits per heavy atom. The lowest BCUT2D eigenvalue weighted by atomic mass is 10.2. The van der Waals surface area contributed by atoms with Gasteiger partial charge in [0, 0.05) is 17.2 Å². The third-order valence-corrected chi connectivity index (χ3v) is 4.84. The second-order valence-corrected chi connectivity index (χ2v) is 7.00. The molecule has 4 rings (SSSR count). The van der Waals surface area contributed by atoms with Gasteiger partial charge in [0.1, 0.15) is 17.6 Å². The molecule has 0 unspecified atom stereocenters. The van der Waals surface area contributed by atoms with E-state index in [1.807, 2.05) is 6.07 Å². The Labute approximate surface area is 164 Å². The Bertz CT molecular complexity index is 1020. The van der Waals surface area contributed by atoms with E-state index in [0.29, 0.717) is 32.2 Å². The standard InChI is InChI=1S/C17H14Cl2N4O2S/c18-10-3-5-13(19)12(8-10)14-6-4-11(25-14)9-20-23-16(21-22-17(23)26)15-2-1-7-24-15/h3-6,8-9,15H,1-2,7H2,(H,22,26)/b20-9-/t15-/m0/s1. The van der Waals surface area contributed by atoms with Crippen molar-refractivity contribution in [3.05, 3.63) is 56.7 Å². The molecular formula is C17H14Cl2N4O2S. The maximum Gasteiger partial charge on any atom is 0.216 e. The van der Waals surface area contributed by atoms with E-state index >= 15 is 0 Å². The minimum atomic E-state index is -0.0995. The Balaban J connectivity index is 1.61. The molecule has 1 saturated heterocycles. The summed E-state index contributed by atoms with van der Waals surface area (Å²) in [7, 11) is 0. The number of ether oxygens (including phenoxy) is 1. The van der Waals surface area contributed by atoms with Crippen LogP contribution < -0.4 is 0 Å². The fraction of sp³-hybridized carbons (Fsp3) is 0.235. The first-order valence-corrected chi connectivity index (χ1v) is 9.17. The number of furan rings is 1. The van der Waals surface area contributed by atoms with E-state index in [-0.39, 0.29) is 6.10 Å². The van der Waals surface area contributed by atoms with Crippen LogP contribution in [0.5, 0.6) is 0 Å². The third-order valence-electron chi connectivity index (χ3n) is 4.01. The van der Waals surface area contributed by atoms with E-state index in [1.54, 1.807) is 35.2 Å². The molecule has 3 heterocycles. The average molecular weight is 409 g/mol. The molecule has 26 heavy (non-hydrogen) atoms. The molecule has 1 atom stereocenters. The number of benzene rings is 1. The summed E-state index contributed by atoms with van der Waals surface area (Å²) in [5, 5.41) is 12.5. The van der Waals surface area contributed by atoms with Crippen LogP contribution in [0.1, 0.15) is 30.5 Å². The summed E-state index contributed by atoms with van der Waals surface area (Å²) in [6, 6.07) is 8.82. The van der Waals surface area contributed by atoms with Crippen molar-refractivity contribution < 1.29 is 9.15 Å². The lowest BCUT2D eigenvalue weighted by molar-refractivity contribution is 0.102. The monoisotopic (exact) mass is 408 g/mol. The van der Waals surface area contributed by atoms with Crippen molar-refractivity contribution in [2.75, 3.05) is 6.61 Å². The predicted octanol–water partition coefficient (Wildman–Crippen LogP) is 5.24. The molecule has 0 radical (unpaired) electrons. The number of nitrogens with zero attached hydrogens (tertiary/aromatic N) is 3. The van der Waals surface area contributed by atoms with Gasteiger partial charge in [0.2, 0.25) is 4.77 Å². The number of H-pyrrole nitrogens is 1. The summed E-state index contributed by atoms with van der Waals surface area (Å²) in [5.74, 6) is 1.82. The summed E-state index contributed by atoms with van der Waals surface area (Å²) in [5.41, 5.74) is 0.721. The number of rotatable bonds is 4. The second kappa shape index (κ2) is 7.36. The van der Waals surface area contributed by atoms with Gasteiger partial charge in [-0.1, -0.05) is 23.2 Å². The van der Waals surface area contributed by atoms with Crippen molar-refractivity contribution in [2.24, 2.45) is 5.10 Å². The van der Waals surface area contributed by atoms with Gasteiger partial charge in [-0.25, -0.2) is 0 Å². The molecule has 1 N–H and O–H groups in total. The smallest absolute Gasteiger partial charge is 0.216 e. The van der Waals surface area contributed by atoms with E-state index < -0.39 is 0 Å². The van der Waals surface area contributed by atoms with Crippen LogP contribution in [0.3, 0.4) is 0 Å². The SMILES string of the molecule is S=c1[nH]nc([C@@H]2CCCO2)n1/N=C\c1ccc(-c2cc(Cl)ccc2Cl)o1. The van der Waals surface area contributed by atoms with Crippen LogP contribution in [-0.4, -0.2) is 27.7 Å². The number of aromatic amines is 1. The molecule has 0 aliphatic carbocycles. The predicted molar refractivity (Wildman–Crippen MR) is 102 cm³/mol. The summed E-state index contributed by atoms with van der Waals surface area (Å²) in [6.07, 6.45) is 3.37. The molecule has 0 spiro atoms. The molecule has 0 amide bonds. The van der Waals surface area contributed by atoms with E-state index in [1.165, 1.54) is 0 Å². The average Bonchev–Trinajstić information content (AvgIpc) is 3.36. The second-order valence-electron chi connectivity index (χ2n) is 5.77. The number of hydrogen-bond donors (Lipinski definition) is 1. The molecule has 3 aromatic rings. The first-order chi connectivity index (χ1) is 12.6. The highest BCUT2D eigenvalue weighted by molar-refractivity contribution is 7.71. The number of nitrogens with one attached hydrogen (secondary N) is 1. The number of hydrogen-bond acceptors (Lipinski definition) is 5. The van der Waals surface area contributed by atoms with E-state index in [4.69, 9.17) is 44.6 Å². The minimum Gasteiger partial charge on any atom is -0.455 e. The van der Waals surface area contributed by atoms with Crippen molar-refractivity contribution in [3.8, 4) is 11.3 Å². The van der Waals surface area contributed by atoms with Gasteiger partial charge in [-0.15, -0.1) is 0 Å². The van der Waals surface area contributed by atoms with Gasteiger partial charge < -0.3 is 9.15 Å². The molecule has 9 heteroatoms. The topological polar surface area (TPSA) is 68.3 Å². The van der Waals surface area contributed by atoms with Crippen LogP contribution in [-0.2, 0) is 4.74 Å². The van der Waals surface area contributed by atoms with Gasteiger partial charge in [-0.3, -0.25) is 5.10 Å². The van der Waals surface area contributed by atoms with E-state index in [9.17, 15) is 0 Å². The summed E-state index contributed by atoms with van der Waals surface area (Å²) >= 11 is 17.5. The highest BCUT2D eigenvalue weighted by Crippen LogP contribution is 2.31. The van der Waals surface area contributed by atoms with Crippen LogP contribution in [0.25, 0.3) is 11.3 Å². The number of halogens is 2. The highest BCUT2D eigenvalue weighted by atomic mass is 35.5. The largest absolute Gasteiger partial charge is 0.455 e. The lowest BCUT2D eigenvalue weighted by Crippen LogP contribution is -2.05. The number of aromatic nitrogens is 3. The van der Waals surface area contributed by atoms with Crippen LogP contribution in [0.4, 0.5) is 0 Å². The zero-order chi connectivity index (χ0) is 18.1. The Kier molecular flexibility index (Phi) is 4.95. The van der Waals surface area contributed by atoms with Crippen LogP contribution in [0, 0.1) is 4.77 Å². The zero-order valence-corrected chi connectivity index (χ0v) is 15.8. The molecule has 1 aliphatic heterocycles. The maximum atomic E-state index is 6.22. The molecule has 1 aliphatic rings. The first-order valence-electron chi connectivity index (χ1n) is 8.00. The van der Waals surface area contributed by atoms with Gasteiger partial charge in [0.05, 0.1) is 11.2 Å². The summed E-state index contributed by atoms with van der Waals surface area (Å²) in [6.45, 7) is 0.718. The first kappa shape index (κ1) is 17.5. The Morgan fingerprint density at radius 1 is 1.31 bits per heavy atom. The molecular weight excluding hydrogens is 395 g/mol. The van der Waals surface area contributed by atoms with Gasteiger partial charge in [-0.05, 0) is 55.4 Å². The van der Waals surface area contributed by atoms with Gasteiger partial charge in [-0.2, -0.15) is 14.9 Å². The van der Waals surface area contributed by atoms with Crippen LogP contribution in [0.2, 0.25) is 10.0 Å². The van der Waals surface area contributed by atoms with Gasteiger partial charge in [0.15, 0.2) is 5.82 Å². The molecule has 2 aromatic heterocycles.